The summed E-state index contributed by atoms with van der Waals surface area (Å²) in [5, 5.41) is 12.4. The number of nitrogens with zero attached hydrogens (tertiary/aromatic N) is 2. The van der Waals surface area contributed by atoms with E-state index in [4.69, 9.17) is 14.2 Å². The van der Waals surface area contributed by atoms with Crippen molar-refractivity contribution in [2.75, 3.05) is 57.5 Å². The van der Waals surface area contributed by atoms with Crippen LogP contribution in [0.15, 0.2) is 41.3 Å². The summed E-state index contributed by atoms with van der Waals surface area (Å²) in [6.45, 7) is 4.36. The van der Waals surface area contributed by atoms with Crippen molar-refractivity contribution in [1.82, 2.24) is 10.2 Å². The molecule has 46 heavy (non-hydrogen) atoms. The predicted molar refractivity (Wildman–Crippen MR) is 169 cm³/mol. The molecule has 0 aromatic heterocycles. The third-order valence-corrected chi connectivity index (χ3v) is 10.9. The fourth-order valence-electron chi connectivity index (χ4n) is 6.54. The van der Waals surface area contributed by atoms with Crippen molar-refractivity contribution in [3.05, 3.63) is 53.1 Å². The number of aliphatic hydroxyl groups is 1. The smallest absolute Gasteiger partial charge is 0.274 e. The van der Waals surface area contributed by atoms with Gasteiger partial charge in [-0.25, -0.2) is 12.7 Å². The van der Waals surface area contributed by atoms with Crippen LogP contribution in [0.4, 0.5) is 5.69 Å². The summed E-state index contributed by atoms with van der Waals surface area (Å²) in [7, 11) is -3.13. The first-order valence-corrected chi connectivity index (χ1v) is 17.4. The van der Waals surface area contributed by atoms with Gasteiger partial charge in [-0.15, -0.1) is 0 Å². The maximum absolute atomic E-state index is 14.4. The highest BCUT2D eigenvalue weighted by Crippen LogP contribution is 2.52. The molecule has 1 saturated carbocycles. The summed E-state index contributed by atoms with van der Waals surface area (Å²) in [5.41, 5.74) is 0.870. The molecule has 0 unspecified atom stereocenters. The minimum atomic E-state index is -4.45. The Morgan fingerprint density at radius 1 is 1.15 bits per heavy atom. The second-order valence-corrected chi connectivity index (χ2v) is 13.7. The summed E-state index contributed by atoms with van der Waals surface area (Å²) in [4.78, 5) is 40.6. The zero-order chi connectivity index (χ0) is 32.9. The molecule has 2 aromatic rings. The number of fused-ring (bicyclic) bond motifs is 2. The first-order chi connectivity index (χ1) is 22.2. The number of benzene rings is 2. The van der Waals surface area contributed by atoms with Gasteiger partial charge in [-0.3, -0.25) is 14.4 Å². The number of aliphatic hydroxyl groups excluding tert-OH is 1. The van der Waals surface area contributed by atoms with Gasteiger partial charge in [0.1, 0.15) is 17.3 Å². The molecule has 2 N–H and O–H groups in total. The van der Waals surface area contributed by atoms with Crippen molar-refractivity contribution in [3.63, 3.8) is 0 Å². The summed E-state index contributed by atoms with van der Waals surface area (Å²) in [6, 6.07) is 9.31. The fourth-order valence-corrected chi connectivity index (χ4v) is 8.18. The number of hydrogen-bond acceptors (Lipinski definition) is 9. The van der Waals surface area contributed by atoms with Crippen LogP contribution in [-0.2, 0) is 40.9 Å². The van der Waals surface area contributed by atoms with E-state index in [-0.39, 0.29) is 53.0 Å². The van der Waals surface area contributed by atoms with Crippen LogP contribution in [-0.4, -0.2) is 95.4 Å². The molecule has 2 aliphatic heterocycles. The van der Waals surface area contributed by atoms with Gasteiger partial charge in [0.2, 0.25) is 5.91 Å². The van der Waals surface area contributed by atoms with E-state index < -0.39 is 21.3 Å². The maximum atomic E-state index is 14.4. The minimum Gasteiger partial charge on any atom is -0.495 e. The SMILES string of the molecule is CCCCNC(=O)c1ccc(S(=O)(=O)N2C(=O)C3(CCC(OCCN4CCOCC4=O)CC3)c3cc(CCO)ccc32)c(OC)c1. The molecule has 0 radical (unpaired) electrons. The Hall–Kier alpha value is -3.52. The topological polar surface area (TPSA) is 152 Å². The lowest BCUT2D eigenvalue weighted by atomic mass is 9.69. The lowest BCUT2D eigenvalue weighted by molar-refractivity contribution is -0.144. The largest absolute Gasteiger partial charge is 0.495 e. The number of ether oxygens (including phenoxy) is 3. The zero-order valence-corrected chi connectivity index (χ0v) is 27.3. The Kier molecular flexibility index (Phi) is 10.7. The lowest BCUT2D eigenvalue weighted by Gasteiger charge is -2.36. The van der Waals surface area contributed by atoms with E-state index in [9.17, 15) is 27.9 Å². The van der Waals surface area contributed by atoms with Crippen LogP contribution < -0.4 is 14.4 Å². The van der Waals surface area contributed by atoms with Crippen LogP contribution in [0.25, 0.3) is 0 Å². The van der Waals surface area contributed by atoms with Crippen LogP contribution in [0, 0.1) is 0 Å². The van der Waals surface area contributed by atoms with Crippen LogP contribution in [0.2, 0.25) is 0 Å². The number of morpholine rings is 1. The Bertz CT molecular complexity index is 1550. The molecule has 3 aliphatic rings. The number of anilines is 1. The van der Waals surface area contributed by atoms with Gasteiger partial charge < -0.3 is 29.5 Å². The van der Waals surface area contributed by atoms with Gasteiger partial charge in [0.15, 0.2) is 0 Å². The van der Waals surface area contributed by atoms with Gasteiger partial charge in [-0.05, 0) is 73.9 Å². The number of unbranched alkanes of at least 4 members (excludes halogenated alkanes) is 1. The van der Waals surface area contributed by atoms with E-state index in [0.717, 1.165) is 22.7 Å². The van der Waals surface area contributed by atoms with Crippen LogP contribution >= 0.6 is 0 Å². The maximum Gasteiger partial charge on any atom is 0.274 e. The normalized spacial score (nSPS) is 21.5. The minimum absolute atomic E-state index is 0.0359. The molecule has 1 saturated heterocycles. The van der Waals surface area contributed by atoms with Gasteiger partial charge >= 0.3 is 0 Å². The van der Waals surface area contributed by atoms with Gasteiger partial charge in [0, 0.05) is 31.8 Å². The molecule has 3 amide bonds. The molecule has 5 rings (SSSR count). The number of hydrogen-bond donors (Lipinski definition) is 2. The fraction of sp³-hybridized carbons (Fsp3) is 0.545. The van der Waals surface area contributed by atoms with Crippen LogP contribution in [0.5, 0.6) is 5.75 Å². The van der Waals surface area contributed by atoms with Crippen molar-refractivity contribution in [2.24, 2.45) is 0 Å². The van der Waals surface area contributed by atoms with E-state index in [1.807, 2.05) is 13.0 Å². The summed E-state index contributed by atoms with van der Waals surface area (Å²) in [5.74, 6) is -0.980. The van der Waals surface area contributed by atoms with E-state index >= 15 is 0 Å². The summed E-state index contributed by atoms with van der Waals surface area (Å²) in [6.07, 6.45) is 3.78. The van der Waals surface area contributed by atoms with Crippen molar-refractivity contribution in [3.8, 4) is 5.75 Å². The number of sulfonamides is 1. The van der Waals surface area contributed by atoms with E-state index in [1.54, 1.807) is 17.0 Å². The quantitative estimate of drug-likeness (QED) is 0.310. The van der Waals surface area contributed by atoms with Crippen molar-refractivity contribution >= 4 is 33.4 Å². The van der Waals surface area contributed by atoms with E-state index in [1.165, 1.54) is 25.3 Å². The average Bonchev–Trinajstić information content (AvgIpc) is 3.29. The zero-order valence-electron chi connectivity index (χ0n) is 26.5. The van der Waals surface area contributed by atoms with E-state index in [2.05, 4.69) is 5.32 Å². The standard InChI is InChI=1S/C33H43N3O9S/c1-3-4-14-34-31(39)24-6-8-29(28(21-24)43-2)46(41,42)36-27-7-5-23(11-17-37)20-26(27)33(32(36)40)12-9-25(10-13-33)45-19-16-35-15-18-44-22-30(35)38/h5-8,20-21,25,37H,3-4,9-19,22H2,1-2H3,(H,34,39). The highest BCUT2D eigenvalue weighted by atomic mass is 32.2. The second kappa shape index (κ2) is 14.5. The molecular formula is C33H43N3O9S. The van der Waals surface area contributed by atoms with Crippen molar-refractivity contribution < 1.29 is 42.1 Å². The molecule has 12 nitrogen and oxygen atoms in total. The number of methoxy groups -OCH3 is 1. The highest BCUT2D eigenvalue weighted by molar-refractivity contribution is 7.93. The molecular weight excluding hydrogens is 614 g/mol. The predicted octanol–water partition coefficient (Wildman–Crippen LogP) is 2.55. The number of amides is 3. The van der Waals surface area contributed by atoms with Gasteiger partial charge in [-0.2, -0.15) is 0 Å². The van der Waals surface area contributed by atoms with Gasteiger partial charge in [0.25, 0.3) is 21.8 Å². The second-order valence-electron chi connectivity index (χ2n) is 12.0. The van der Waals surface area contributed by atoms with Crippen LogP contribution in [0.1, 0.15) is 66.9 Å². The van der Waals surface area contributed by atoms with Crippen molar-refractivity contribution in [2.45, 2.75) is 68.3 Å². The lowest BCUT2D eigenvalue weighted by Crippen LogP contribution is -2.46. The average molecular weight is 658 g/mol. The van der Waals surface area contributed by atoms with Crippen LogP contribution in [0.3, 0.4) is 0 Å². The first-order valence-electron chi connectivity index (χ1n) is 15.9. The number of carbonyl (C=O) groups excluding carboxylic acids is 3. The highest BCUT2D eigenvalue weighted by Gasteiger charge is 2.56. The molecule has 1 spiro atoms. The number of carbonyl (C=O) groups is 3. The molecule has 13 heteroatoms. The molecule has 2 fully saturated rings. The molecule has 2 heterocycles. The number of nitrogens with one attached hydrogen (secondary N) is 1. The van der Waals surface area contributed by atoms with E-state index in [0.29, 0.717) is 70.5 Å². The number of rotatable bonds is 13. The van der Waals surface area contributed by atoms with Gasteiger partial charge in [0.05, 0.1) is 37.5 Å². The first kappa shape index (κ1) is 33.8. The Morgan fingerprint density at radius 3 is 2.63 bits per heavy atom. The molecule has 0 atom stereocenters. The summed E-state index contributed by atoms with van der Waals surface area (Å²) < 4.78 is 46.3. The summed E-state index contributed by atoms with van der Waals surface area (Å²) >= 11 is 0. The Balaban J connectivity index is 1.39. The Morgan fingerprint density at radius 2 is 1.93 bits per heavy atom. The van der Waals surface area contributed by atoms with Gasteiger partial charge in [-0.1, -0.05) is 25.5 Å². The third-order valence-electron chi connectivity index (χ3n) is 9.13. The molecule has 1 aliphatic carbocycles. The molecule has 0 bridgehead atoms. The molecule has 2 aromatic carbocycles. The molecule has 250 valence electrons. The Labute approximate surface area is 270 Å². The third kappa shape index (κ3) is 6.64. The monoisotopic (exact) mass is 657 g/mol. The van der Waals surface area contributed by atoms with Crippen molar-refractivity contribution in [1.29, 1.82) is 0 Å².